The molecule has 1 atom stereocenters. The summed E-state index contributed by atoms with van der Waals surface area (Å²) in [5.74, 6) is 0.0882. The van der Waals surface area contributed by atoms with Gasteiger partial charge in [-0.3, -0.25) is 0 Å². The van der Waals surface area contributed by atoms with Gasteiger partial charge in [-0.15, -0.1) is 0 Å². The number of ether oxygens (including phenoxy) is 1. The van der Waals surface area contributed by atoms with E-state index in [1.807, 2.05) is 6.20 Å². The number of aromatic nitrogens is 2. The molecule has 0 fully saturated rings. The summed E-state index contributed by atoms with van der Waals surface area (Å²) in [7, 11) is 1.80. The third-order valence-electron chi connectivity index (χ3n) is 4.67. The predicted molar refractivity (Wildman–Crippen MR) is 96.9 cm³/mol. The van der Waals surface area contributed by atoms with E-state index in [-0.39, 0.29) is 5.92 Å². The number of nitrogens with zero attached hydrogens (tertiary/aromatic N) is 1. The number of benzene rings is 2. The molecule has 0 amide bonds. The van der Waals surface area contributed by atoms with E-state index in [0.717, 1.165) is 18.5 Å². The zero-order valence-electron chi connectivity index (χ0n) is 14.3. The lowest BCUT2D eigenvalue weighted by molar-refractivity contribution is -0.0402. The normalized spacial score (nSPS) is 13.8. The number of H-pyrrole nitrogens is 1. The van der Waals surface area contributed by atoms with Gasteiger partial charge in [0.25, 0.3) is 0 Å². The summed E-state index contributed by atoms with van der Waals surface area (Å²) in [6.07, 6.45) is 5.53. The van der Waals surface area contributed by atoms with E-state index >= 15 is 0 Å². The lowest BCUT2D eigenvalue weighted by Gasteiger charge is -2.39. The molecule has 0 saturated heterocycles. The average Bonchev–Trinajstić information content (AvgIpc) is 3.18. The Bertz CT molecular complexity index is 686. The summed E-state index contributed by atoms with van der Waals surface area (Å²) in [6.45, 7) is 2.19. The van der Waals surface area contributed by atoms with Crippen molar-refractivity contribution in [3.8, 4) is 0 Å². The molecule has 0 aliphatic heterocycles. The van der Waals surface area contributed by atoms with Crippen molar-refractivity contribution in [3.63, 3.8) is 0 Å². The van der Waals surface area contributed by atoms with Crippen LogP contribution in [-0.2, 0) is 10.3 Å². The Morgan fingerprint density at radius 3 is 2.00 bits per heavy atom. The van der Waals surface area contributed by atoms with Crippen molar-refractivity contribution < 1.29 is 4.74 Å². The molecule has 3 aromatic rings. The Morgan fingerprint density at radius 2 is 1.58 bits per heavy atom. The summed E-state index contributed by atoms with van der Waals surface area (Å²) in [5, 5.41) is 0. The van der Waals surface area contributed by atoms with Gasteiger partial charge in [-0.25, -0.2) is 4.98 Å². The fraction of sp³-hybridized carbons (Fsp3) is 0.286. The van der Waals surface area contributed by atoms with E-state index < -0.39 is 5.60 Å². The van der Waals surface area contributed by atoms with E-state index in [9.17, 15) is 0 Å². The number of hydrogen-bond acceptors (Lipinski definition) is 2. The Kier molecular flexibility index (Phi) is 5.11. The van der Waals surface area contributed by atoms with Crippen molar-refractivity contribution in [1.29, 1.82) is 0 Å². The molecule has 0 spiro atoms. The number of methoxy groups -OCH3 is 1. The van der Waals surface area contributed by atoms with Crippen LogP contribution < -0.4 is 0 Å². The van der Waals surface area contributed by atoms with Crippen molar-refractivity contribution in [2.24, 2.45) is 0 Å². The maximum absolute atomic E-state index is 6.22. The Labute approximate surface area is 143 Å². The minimum Gasteiger partial charge on any atom is -0.371 e. The van der Waals surface area contributed by atoms with Crippen LogP contribution in [0.15, 0.2) is 73.2 Å². The molecule has 0 bridgehead atoms. The molecule has 1 unspecified atom stereocenters. The molecule has 1 N–H and O–H groups in total. The van der Waals surface area contributed by atoms with E-state index in [0.29, 0.717) is 0 Å². The fourth-order valence-corrected chi connectivity index (χ4v) is 3.64. The van der Waals surface area contributed by atoms with Gasteiger partial charge >= 0.3 is 0 Å². The van der Waals surface area contributed by atoms with Gasteiger partial charge in [0, 0.05) is 13.0 Å². The van der Waals surface area contributed by atoms with Gasteiger partial charge in [0.2, 0.25) is 0 Å². The van der Waals surface area contributed by atoms with Crippen molar-refractivity contribution >= 4 is 0 Å². The SMILES string of the molecule is CCCC(OC)(c1cnc[nH]1)C(c1ccccc1)c1ccccc1. The summed E-state index contributed by atoms with van der Waals surface area (Å²) in [4.78, 5) is 7.55. The molecule has 3 heteroatoms. The largest absolute Gasteiger partial charge is 0.371 e. The topological polar surface area (TPSA) is 37.9 Å². The lowest BCUT2D eigenvalue weighted by Crippen LogP contribution is -2.37. The molecule has 0 aliphatic rings. The lowest BCUT2D eigenvalue weighted by atomic mass is 9.73. The Hall–Kier alpha value is -2.39. The molecule has 0 aliphatic carbocycles. The standard InChI is InChI=1S/C21H24N2O/c1-3-14-21(24-2,19-15-22-16-23-19)20(17-10-6-4-7-11-17)18-12-8-5-9-13-18/h4-13,15-16,20H,3,14H2,1-2H3,(H,22,23). The first-order valence-corrected chi connectivity index (χ1v) is 8.45. The van der Waals surface area contributed by atoms with Gasteiger partial charge < -0.3 is 9.72 Å². The predicted octanol–water partition coefficient (Wildman–Crippen LogP) is 4.88. The number of aromatic amines is 1. The highest BCUT2D eigenvalue weighted by atomic mass is 16.5. The molecule has 1 heterocycles. The van der Waals surface area contributed by atoms with Crippen LogP contribution in [0.2, 0.25) is 0 Å². The second kappa shape index (κ2) is 7.45. The molecule has 24 heavy (non-hydrogen) atoms. The van der Waals surface area contributed by atoms with Gasteiger partial charge in [-0.2, -0.15) is 0 Å². The van der Waals surface area contributed by atoms with Gasteiger partial charge in [0.15, 0.2) is 0 Å². The molecule has 0 radical (unpaired) electrons. The quantitative estimate of drug-likeness (QED) is 0.673. The van der Waals surface area contributed by atoms with Crippen molar-refractivity contribution in [1.82, 2.24) is 9.97 Å². The molecule has 2 aromatic carbocycles. The molecular formula is C21H24N2O. The van der Waals surface area contributed by atoms with Crippen LogP contribution >= 0.6 is 0 Å². The minimum atomic E-state index is -0.478. The van der Waals surface area contributed by atoms with E-state index in [2.05, 4.69) is 77.6 Å². The third kappa shape index (κ3) is 3.00. The average molecular weight is 320 g/mol. The summed E-state index contributed by atoms with van der Waals surface area (Å²) >= 11 is 0. The molecular weight excluding hydrogens is 296 g/mol. The molecule has 1 aromatic heterocycles. The Morgan fingerprint density at radius 1 is 1.00 bits per heavy atom. The summed E-state index contributed by atoms with van der Waals surface area (Å²) in [5.41, 5.74) is 3.03. The van der Waals surface area contributed by atoms with Gasteiger partial charge in [0.05, 0.1) is 18.2 Å². The second-order valence-corrected chi connectivity index (χ2v) is 6.06. The van der Waals surface area contributed by atoms with E-state index in [1.54, 1.807) is 13.4 Å². The van der Waals surface area contributed by atoms with Crippen LogP contribution in [0.3, 0.4) is 0 Å². The minimum absolute atomic E-state index is 0.0882. The highest BCUT2D eigenvalue weighted by Gasteiger charge is 2.43. The number of rotatable bonds is 7. The molecule has 124 valence electrons. The van der Waals surface area contributed by atoms with E-state index in [4.69, 9.17) is 4.74 Å². The molecule has 3 rings (SSSR count). The first-order chi connectivity index (χ1) is 11.8. The Balaban J connectivity index is 2.22. The smallest absolute Gasteiger partial charge is 0.120 e. The van der Waals surface area contributed by atoms with Crippen LogP contribution in [0.25, 0.3) is 0 Å². The van der Waals surface area contributed by atoms with Crippen molar-refractivity contribution in [3.05, 3.63) is 90.0 Å². The van der Waals surface area contributed by atoms with Crippen LogP contribution in [0.4, 0.5) is 0 Å². The fourth-order valence-electron chi connectivity index (χ4n) is 3.64. The van der Waals surface area contributed by atoms with Gasteiger partial charge in [-0.1, -0.05) is 74.0 Å². The first-order valence-electron chi connectivity index (χ1n) is 8.45. The van der Waals surface area contributed by atoms with Crippen molar-refractivity contribution in [2.75, 3.05) is 7.11 Å². The maximum Gasteiger partial charge on any atom is 0.120 e. The summed E-state index contributed by atoms with van der Waals surface area (Å²) in [6, 6.07) is 21.2. The zero-order valence-corrected chi connectivity index (χ0v) is 14.3. The van der Waals surface area contributed by atoms with Crippen LogP contribution in [0.5, 0.6) is 0 Å². The molecule has 0 saturated carbocycles. The number of nitrogens with one attached hydrogen (secondary N) is 1. The van der Waals surface area contributed by atoms with Gasteiger partial charge in [-0.05, 0) is 17.5 Å². The van der Waals surface area contributed by atoms with Crippen LogP contribution in [0, 0.1) is 0 Å². The summed E-state index contributed by atoms with van der Waals surface area (Å²) < 4.78 is 6.22. The molecule has 3 nitrogen and oxygen atoms in total. The highest BCUT2D eigenvalue weighted by molar-refractivity contribution is 5.38. The van der Waals surface area contributed by atoms with Crippen molar-refractivity contribution in [2.45, 2.75) is 31.3 Å². The number of imidazole rings is 1. The highest BCUT2D eigenvalue weighted by Crippen LogP contribution is 2.46. The van der Waals surface area contributed by atoms with Gasteiger partial charge in [0.1, 0.15) is 5.60 Å². The monoisotopic (exact) mass is 320 g/mol. The third-order valence-corrected chi connectivity index (χ3v) is 4.67. The van der Waals surface area contributed by atoms with Crippen LogP contribution in [0.1, 0.15) is 42.5 Å². The van der Waals surface area contributed by atoms with Crippen LogP contribution in [-0.4, -0.2) is 17.1 Å². The number of hydrogen-bond donors (Lipinski definition) is 1. The zero-order chi connectivity index (χ0) is 16.8. The first kappa shape index (κ1) is 16.5. The maximum atomic E-state index is 6.22. The second-order valence-electron chi connectivity index (χ2n) is 6.06. The van der Waals surface area contributed by atoms with E-state index in [1.165, 1.54) is 11.1 Å².